The van der Waals surface area contributed by atoms with E-state index in [0.717, 1.165) is 64.1 Å². The summed E-state index contributed by atoms with van der Waals surface area (Å²) >= 11 is 0. The van der Waals surface area contributed by atoms with Gasteiger partial charge in [-0.3, -0.25) is 4.98 Å². The largest absolute Gasteiger partial charge is 0.381 e. The standard InChI is InChI=1S/C17H25N3O2/c21-17(19-13-14-7-11-22-12-8-14)20-10-4-2-6-16(20)15-5-1-3-9-18-15/h1,3,5,9,14,16H,2,4,6-8,10-13H2,(H,19,21)/t16-/m1/s1. The van der Waals surface area contributed by atoms with Crippen LogP contribution < -0.4 is 5.32 Å². The van der Waals surface area contributed by atoms with Crippen molar-refractivity contribution in [2.24, 2.45) is 5.92 Å². The summed E-state index contributed by atoms with van der Waals surface area (Å²) in [7, 11) is 0. The molecule has 1 N–H and O–H groups in total. The lowest BCUT2D eigenvalue weighted by Gasteiger charge is -2.36. The smallest absolute Gasteiger partial charge is 0.317 e. The number of carbonyl (C=O) groups is 1. The van der Waals surface area contributed by atoms with Gasteiger partial charge in [-0.1, -0.05) is 6.07 Å². The summed E-state index contributed by atoms with van der Waals surface area (Å²) in [5.74, 6) is 0.552. The number of likely N-dealkylation sites (tertiary alicyclic amines) is 1. The average molecular weight is 303 g/mol. The molecule has 5 nitrogen and oxygen atoms in total. The fourth-order valence-corrected chi connectivity index (χ4v) is 3.34. The van der Waals surface area contributed by atoms with Crippen molar-refractivity contribution in [1.29, 1.82) is 0 Å². The highest BCUT2D eigenvalue weighted by atomic mass is 16.5. The van der Waals surface area contributed by atoms with Crippen molar-refractivity contribution in [3.63, 3.8) is 0 Å². The van der Waals surface area contributed by atoms with Gasteiger partial charge in [0.2, 0.25) is 0 Å². The highest BCUT2D eigenvalue weighted by molar-refractivity contribution is 5.74. The third kappa shape index (κ3) is 3.77. The molecule has 1 atom stereocenters. The summed E-state index contributed by atoms with van der Waals surface area (Å²) in [6.07, 6.45) is 7.14. The van der Waals surface area contributed by atoms with Crippen molar-refractivity contribution < 1.29 is 9.53 Å². The first-order valence-corrected chi connectivity index (χ1v) is 8.38. The molecule has 2 saturated heterocycles. The van der Waals surface area contributed by atoms with Crippen LogP contribution in [0.1, 0.15) is 43.8 Å². The van der Waals surface area contributed by atoms with Gasteiger partial charge in [-0.05, 0) is 50.2 Å². The summed E-state index contributed by atoms with van der Waals surface area (Å²) in [5.41, 5.74) is 1.00. The van der Waals surface area contributed by atoms with Crippen LogP contribution in [0.3, 0.4) is 0 Å². The van der Waals surface area contributed by atoms with Crippen molar-refractivity contribution in [2.45, 2.75) is 38.1 Å². The van der Waals surface area contributed by atoms with Crippen molar-refractivity contribution >= 4 is 6.03 Å². The van der Waals surface area contributed by atoms with Crippen molar-refractivity contribution in [3.05, 3.63) is 30.1 Å². The van der Waals surface area contributed by atoms with Gasteiger partial charge < -0.3 is 15.0 Å². The predicted molar refractivity (Wildman–Crippen MR) is 84.5 cm³/mol. The van der Waals surface area contributed by atoms with Crippen molar-refractivity contribution in [1.82, 2.24) is 15.2 Å². The van der Waals surface area contributed by atoms with Gasteiger partial charge in [0.15, 0.2) is 0 Å². The summed E-state index contributed by atoms with van der Waals surface area (Å²) in [5, 5.41) is 3.13. The first-order chi connectivity index (χ1) is 10.8. The van der Waals surface area contributed by atoms with E-state index in [-0.39, 0.29) is 12.1 Å². The Morgan fingerprint density at radius 1 is 1.27 bits per heavy atom. The van der Waals surface area contributed by atoms with Crippen LogP contribution in [-0.2, 0) is 4.74 Å². The van der Waals surface area contributed by atoms with Crippen molar-refractivity contribution in [3.8, 4) is 0 Å². The highest BCUT2D eigenvalue weighted by Gasteiger charge is 2.29. The maximum Gasteiger partial charge on any atom is 0.317 e. The number of hydrogen-bond acceptors (Lipinski definition) is 3. The first kappa shape index (κ1) is 15.3. The van der Waals surface area contributed by atoms with Crippen LogP contribution in [0.25, 0.3) is 0 Å². The van der Waals surface area contributed by atoms with Crippen LogP contribution in [0.4, 0.5) is 4.79 Å². The zero-order valence-electron chi connectivity index (χ0n) is 13.0. The van der Waals surface area contributed by atoms with E-state index in [1.165, 1.54) is 0 Å². The fraction of sp³-hybridized carbons (Fsp3) is 0.647. The second-order valence-electron chi connectivity index (χ2n) is 6.20. The minimum atomic E-state index is 0.0573. The number of rotatable bonds is 3. The lowest BCUT2D eigenvalue weighted by Crippen LogP contribution is -2.46. The fourth-order valence-electron chi connectivity index (χ4n) is 3.34. The Hall–Kier alpha value is -1.62. The SMILES string of the molecule is O=C(NCC1CCOCC1)N1CCCC[C@@H]1c1ccccn1. The van der Waals surface area contributed by atoms with E-state index >= 15 is 0 Å². The average Bonchev–Trinajstić information content (AvgIpc) is 2.61. The Balaban J connectivity index is 1.59. The third-order valence-corrected chi connectivity index (χ3v) is 4.68. The van der Waals surface area contributed by atoms with Crippen LogP contribution in [0, 0.1) is 5.92 Å². The minimum absolute atomic E-state index is 0.0573. The number of piperidine rings is 1. The van der Waals surface area contributed by atoms with E-state index in [1.54, 1.807) is 0 Å². The molecule has 0 radical (unpaired) electrons. The second kappa shape index (κ2) is 7.58. The summed E-state index contributed by atoms with van der Waals surface area (Å²) in [6.45, 7) is 3.22. The normalized spacial score (nSPS) is 23.3. The van der Waals surface area contributed by atoms with Gasteiger partial charge in [0.25, 0.3) is 0 Å². The number of aromatic nitrogens is 1. The molecule has 0 saturated carbocycles. The number of pyridine rings is 1. The molecule has 0 aliphatic carbocycles. The Bertz CT molecular complexity index is 474. The van der Waals surface area contributed by atoms with Gasteiger partial charge in [-0.25, -0.2) is 4.79 Å². The summed E-state index contributed by atoms with van der Waals surface area (Å²) in [4.78, 5) is 19.0. The molecule has 0 bridgehead atoms. The number of nitrogens with zero attached hydrogens (tertiary/aromatic N) is 2. The number of urea groups is 1. The van der Waals surface area contributed by atoms with E-state index in [1.807, 2.05) is 29.3 Å². The predicted octanol–water partition coefficient (Wildman–Crippen LogP) is 2.74. The zero-order chi connectivity index (χ0) is 15.2. The van der Waals surface area contributed by atoms with Crippen molar-refractivity contribution in [2.75, 3.05) is 26.3 Å². The Kier molecular flexibility index (Phi) is 5.27. The minimum Gasteiger partial charge on any atom is -0.381 e. The molecule has 0 spiro atoms. The van der Waals surface area contributed by atoms with Crippen LogP contribution in [0.15, 0.2) is 24.4 Å². The number of nitrogens with one attached hydrogen (secondary N) is 1. The van der Waals surface area contributed by atoms with E-state index in [4.69, 9.17) is 4.74 Å². The molecule has 0 aromatic carbocycles. The van der Waals surface area contributed by atoms with E-state index in [0.29, 0.717) is 5.92 Å². The zero-order valence-corrected chi connectivity index (χ0v) is 13.0. The van der Waals surface area contributed by atoms with E-state index in [9.17, 15) is 4.79 Å². The monoisotopic (exact) mass is 303 g/mol. The Morgan fingerprint density at radius 3 is 2.91 bits per heavy atom. The number of ether oxygens (including phenoxy) is 1. The molecule has 1 aromatic rings. The summed E-state index contributed by atoms with van der Waals surface area (Å²) in [6, 6.07) is 6.11. The molecular weight excluding hydrogens is 278 g/mol. The third-order valence-electron chi connectivity index (χ3n) is 4.68. The Labute approximate surface area is 132 Å². The molecule has 3 heterocycles. The molecule has 2 aliphatic heterocycles. The van der Waals surface area contributed by atoms with Gasteiger partial charge >= 0.3 is 6.03 Å². The Morgan fingerprint density at radius 2 is 2.14 bits per heavy atom. The molecule has 2 amide bonds. The van der Waals surface area contributed by atoms with Gasteiger partial charge in [0.1, 0.15) is 0 Å². The maximum absolute atomic E-state index is 12.6. The molecule has 120 valence electrons. The number of carbonyl (C=O) groups excluding carboxylic acids is 1. The lowest BCUT2D eigenvalue weighted by atomic mass is 9.99. The quantitative estimate of drug-likeness (QED) is 0.934. The number of amides is 2. The van der Waals surface area contributed by atoms with Crippen LogP contribution in [0.2, 0.25) is 0 Å². The van der Waals surface area contributed by atoms with Gasteiger partial charge in [0, 0.05) is 32.5 Å². The van der Waals surface area contributed by atoms with Crippen LogP contribution in [0.5, 0.6) is 0 Å². The summed E-state index contributed by atoms with van der Waals surface area (Å²) < 4.78 is 5.37. The molecule has 22 heavy (non-hydrogen) atoms. The number of hydrogen-bond donors (Lipinski definition) is 1. The lowest BCUT2D eigenvalue weighted by molar-refractivity contribution is 0.0657. The maximum atomic E-state index is 12.6. The van der Waals surface area contributed by atoms with E-state index < -0.39 is 0 Å². The molecule has 5 heteroatoms. The van der Waals surface area contributed by atoms with Gasteiger partial charge in [-0.15, -0.1) is 0 Å². The molecule has 0 unspecified atom stereocenters. The van der Waals surface area contributed by atoms with Crippen LogP contribution >= 0.6 is 0 Å². The molecular formula is C17H25N3O2. The molecule has 2 fully saturated rings. The topological polar surface area (TPSA) is 54.5 Å². The first-order valence-electron chi connectivity index (χ1n) is 8.38. The van der Waals surface area contributed by atoms with Gasteiger partial charge in [-0.2, -0.15) is 0 Å². The van der Waals surface area contributed by atoms with E-state index in [2.05, 4.69) is 10.3 Å². The highest BCUT2D eigenvalue weighted by Crippen LogP contribution is 2.29. The second-order valence-corrected chi connectivity index (χ2v) is 6.20. The van der Waals surface area contributed by atoms with Crippen LogP contribution in [-0.4, -0.2) is 42.2 Å². The molecule has 1 aromatic heterocycles. The van der Waals surface area contributed by atoms with Gasteiger partial charge in [0.05, 0.1) is 11.7 Å². The molecule has 2 aliphatic rings. The molecule has 3 rings (SSSR count).